The van der Waals surface area contributed by atoms with Crippen LogP contribution < -0.4 is 5.32 Å². The highest BCUT2D eigenvalue weighted by Gasteiger charge is 2.51. The van der Waals surface area contributed by atoms with Gasteiger partial charge in [0, 0.05) is 6.42 Å². The Morgan fingerprint density at radius 3 is 1.22 bits per heavy atom. The number of unbranched alkanes of at least 4 members (excludes halogenated alkanes) is 39. The maximum Gasteiger partial charge on any atom is 0.220 e. The van der Waals surface area contributed by atoms with Gasteiger partial charge in [-0.2, -0.15) is 0 Å². The normalized spacial score (nSPS) is 23.8. The van der Waals surface area contributed by atoms with Gasteiger partial charge in [-0.3, -0.25) is 4.79 Å². The first kappa shape index (κ1) is 79.0. The first-order valence-corrected chi connectivity index (χ1v) is 35.4. The van der Waals surface area contributed by atoms with E-state index in [4.69, 9.17) is 18.9 Å². The molecule has 2 saturated heterocycles. The molecule has 2 heterocycles. The zero-order chi connectivity index (χ0) is 61.6. The zero-order valence-electron chi connectivity index (χ0n) is 54.1. The highest BCUT2D eigenvalue weighted by atomic mass is 16.7. The molecule has 0 bridgehead atoms. The van der Waals surface area contributed by atoms with Crippen molar-refractivity contribution in [1.29, 1.82) is 0 Å². The molecule has 0 aromatic carbocycles. The molecule has 1 amide bonds. The minimum absolute atomic E-state index is 0.246. The van der Waals surface area contributed by atoms with Crippen molar-refractivity contribution in [2.24, 2.45) is 0 Å². The number of aliphatic hydroxyl groups excluding tert-OH is 8. The van der Waals surface area contributed by atoms with Crippen molar-refractivity contribution in [1.82, 2.24) is 5.32 Å². The number of hydrogen-bond acceptors (Lipinski definition) is 13. The highest BCUT2D eigenvalue weighted by Crippen LogP contribution is 2.30. The lowest BCUT2D eigenvalue weighted by atomic mass is 9.97. The molecule has 9 N–H and O–H groups in total. The van der Waals surface area contributed by atoms with Gasteiger partial charge < -0.3 is 65.1 Å². The van der Waals surface area contributed by atoms with Gasteiger partial charge in [-0.15, -0.1) is 0 Å². The molecule has 0 spiro atoms. The summed E-state index contributed by atoms with van der Waals surface area (Å²) in [5, 5.41) is 87.4. The Morgan fingerprint density at radius 2 is 0.788 bits per heavy atom. The lowest BCUT2D eigenvalue weighted by molar-refractivity contribution is -0.359. The minimum atomic E-state index is -1.79. The van der Waals surface area contributed by atoms with Gasteiger partial charge in [0.05, 0.1) is 32.0 Å². The predicted octanol–water partition coefficient (Wildman–Crippen LogP) is 14.3. The number of amides is 1. The molecule has 0 aliphatic carbocycles. The van der Waals surface area contributed by atoms with Gasteiger partial charge >= 0.3 is 0 Å². The van der Waals surface area contributed by atoms with Gasteiger partial charge in [-0.1, -0.05) is 281 Å². The van der Waals surface area contributed by atoms with E-state index in [1.54, 1.807) is 6.08 Å². The Labute approximate surface area is 518 Å². The van der Waals surface area contributed by atoms with Crippen LogP contribution in [0.15, 0.2) is 48.6 Å². The topological polar surface area (TPSA) is 228 Å². The van der Waals surface area contributed by atoms with Crippen LogP contribution in [0.25, 0.3) is 0 Å². The maximum absolute atomic E-state index is 13.3. The summed E-state index contributed by atoms with van der Waals surface area (Å²) >= 11 is 0. The molecule has 2 aliphatic heterocycles. The Kier molecular flexibility index (Phi) is 52.1. The van der Waals surface area contributed by atoms with Crippen LogP contribution >= 0.6 is 0 Å². The first-order chi connectivity index (χ1) is 41.6. The van der Waals surface area contributed by atoms with Gasteiger partial charge in [0.2, 0.25) is 5.91 Å². The second kappa shape index (κ2) is 56.0. The van der Waals surface area contributed by atoms with Crippen LogP contribution in [0.1, 0.15) is 303 Å². The van der Waals surface area contributed by atoms with Gasteiger partial charge in [0.15, 0.2) is 12.6 Å². The third-order valence-electron chi connectivity index (χ3n) is 17.2. The van der Waals surface area contributed by atoms with Gasteiger partial charge in [-0.25, -0.2) is 0 Å². The van der Waals surface area contributed by atoms with E-state index >= 15 is 0 Å². The fourth-order valence-corrected chi connectivity index (χ4v) is 11.6. The molecule has 0 aromatic rings. The molecule has 2 rings (SSSR count). The van der Waals surface area contributed by atoms with Crippen LogP contribution in [0.4, 0.5) is 0 Å². The van der Waals surface area contributed by atoms with E-state index in [9.17, 15) is 45.6 Å². The van der Waals surface area contributed by atoms with Crippen molar-refractivity contribution in [3.63, 3.8) is 0 Å². The largest absolute Gasteiger partial charge is 0.394 e. The molecular weight excluding hydrogens is 1070 g/mol. The SMILES string of the molecule is CCCCCCC/C=C\C/C=C\CCCCCCCCCCCCCCCCCC(=O)NC(COC1OC(CO)C(OC2OC(CO)C(O)C(O)C2O)C(O)C1O)C(O)/C=C/CC/C=C/CCCCCCCCCCCCCCCCCCCC. The Bertz CT molecular complexity index is 1610. The van der Waals surface area contributed by atoms with E-state index < -0.39 is 86.8 Å². The summed E-state index contributed by atoms with van der Waals surface area (Å²) < 4.78 is 22.8. The Balaban J connectivity index is 1.70. The Morgan fingerprint density at radius 1 is 0.424 bits per heavy atom. The molecule has 85 heavy (non-hydrogen) atoms. The number of aliphatic hydroxyl groups is 8. The van der Waals surface area contributed by atoms with E-state index in [1.807, 2.05) is 6.08 Å². The predicted molar refractivity (Wildman–Crippen MR) is 346 cm³/mol. The number of ether oxygens (including phenoxy) is 4. The quantitative estimate of drug-likeness (QED) is 0.0204. The van der Waals surface area contributed by atoms with E-state index in [-0.39, 0.29) is 18.9 Å². The smallest absolute Gasteiger partial charge is 0.220 e. The molecule has 12 atom stereocenters. The van der Waals surface area contributed by atoms with Crippen LogP contribution in [0.3, 0.4) is 0 Å². The summed E-state index contributed by atoms with van der Waals surface area (Å²) in [7, 11) is 0. The maximum atomic E-state index is 13.3. The first-order valence-electron chi connectivity index (χ1n) is 35.4. The lowest BCUT2D eigenvalue weighted by Crippen LogP contribution is -2.65. The van der Waals surface area contributed by atoms with Crippen LogP contribution in [-0.4, -0.2) is 140 Å². The molecule has 2 aliphatic rings. The summed E-state index contributed by atoms with van der Waals surface area (Å²) in [4.78, 5) is 13.3. The molecule has 2 fully saturated rings. The second-order valence-corrected chi connectivity index (χ2v) is 25.0. The summed E-state index contributed by atoms with van der Waals surface area (Å²) in [5.74, 6) is -0.246. The molecule has 14 nitrogen and oxygen atoms in total. The number of allylic oxidation sites excluding steroid dienone is 7. The van der Waals surface area contributed by atoms with Gasteiger partial charge in [0.25, 0.3) is 0 Å². The fourth-order valence-electron chi connectivity index (χ4n) is 11.6. The van der Waals surface area contributed by atoms with Crippen molar-refractivity contribution in [2.45, 2.75) is 376 Å². The van der Waals surface area contributed by atoms with Crippen molar-refractivity contribution < 1.29 is 64.6 Å². The summed E-state index contributed by atoms with van der Waals surface area (Å²) in [5.41, 5.74) is 0. The molecule has 0 aromatic heterocycles. The van der Waals surface area contributed by atoms with Crippen molar-refractivity contribution in [3.05, 3.63) is 48.6 Å². The number of rotatable bonds is 58. The van der Waals surface area contributed by atoms with Crippen LogP contribution in [0, 0.1) is 0 Å². The van der Waals surface area contributed by atoms with Crippen LogP contribution in [-0.2, 0) is 23.7 Å². The van der Waals surface area contributed by atoms with Crippen LogP contribution in [0.5, 0.6) is 0 Å². The second-order valence-electron chi connectivity index (χ2n) is 25.0. The molecule has 14 heteroatoms. The number of nitrogens with one attached hydrogen (secondary N) is 1. The lowest BCUT2D eigenvalue weighted by Gasteiger charge is -2.46. The molecule has 0 radical (unpaired) electrons. The summed E-state index contributed by atoms with van der Waals surface area (Å²) in [6.07, 6.45) is 55.9. The number of carbonyl (C=O) groups is 1. The monoisotopic (exact) mass is 1210 g/mol. The van der Waals surface area contributed by atoms with E-state index in [0.717, 1.165) is 38.5 Å². The highest BCUT2D eigenvalue weighted by molar-refractivity contribution is 5.76. The standard InChI is InChI=1S/C71H131NO13/c1-3-5-7-9-11-13-15-17-19-21-23-25-27-29-30-31-33-35-37-39-41-43-45-47-49-51-53-55-63(76)72-59(58-82-70-68(81)66(79)69(62(57-74)84-70)85-71-67(80)65(78)64(77)61(56-73)83-71)60(75)54-52-50-48-46-44-42-40-38-36-34-32-28-26-24-22-20-18-16-14-12-10-8-6-4-2/h15,17,21,23,44,46,52,54,59-62,64-71,73-75,77-81H,3-14,16,18-20,22,24-43,45,47-51,53,55-58H2,1-2H3,(H,72,76)/b17-15-,23-21-,46-44+,54-52+. The molecule has 12 unspecified atom stereocenters. The third kappa shape index (κ3) is 40.3. The fraction of sp³-hybridized carbons (Fsp3) is 0.873. The zero-order valence-corrected chi connectivity index (χ0v) is 54.1. The van der Waals surface area contributed by atoms with Crippen molar-refractivity contribution in [2.75, 3.05) is 19.8 Å². The summed E-state index contributed by atoms with van der Waals surface area (Å²) in [6, 6.07) is -0.933. The number of hydrogen-bond donors (Lipinski definition) is 9. The van der Waals surface area contributed by atoms with Gasteiger partial charge in [-0.05, 0) is 64.2 Å². The van der Waals surface area contributed by atoms with Crippen molar-refractivity contribution in [3.8, 4) is 0 Å². The van der Waals surface area contributed by atoms with E-state index in [0.29, 0.717) is 12.8 Å². The Hall–Kier alpha value is -2.05. The van der Waals surface area contributed by atoms with Crippen LogP contribution in [0.2, 0.25) is 0 Å². The van der Waals surface area contributed by atoms with Crippen molar-refractivity contribution >= 4 is 5.91 Å². The van der Waals surface area contributed by atoms with E-state index in [2.05, 4.69) is 55.6 Å². The summed E-state index contributed by atoms with van der Waals surface area (Å²) in [6.45, 7) is 2.81. The van der Waals surface area contributed by atoms with Gasteiger partial charge in [0.1, 0.15) is 48.8 Å². The molecular formula is C71H131NO13. The average molecular weight is 1210 g/mol. The average Bonchev–Trinajstić information content (AvgIpc) is 3.68. The molecule has 0 saturated carbocycles. The third-order valence-corrected chi connectivity index (χ3v) is 17.2. The number of carbonyl (C=O) groups excluding carboxylic acids is 1. The van der Waals surface area contributed by atoms with E-state index in [1.165, 1.54) is 231 Å². The minimum Gasteiger partial charge on any atom is -0.394 e. The molecule has 498 valence electrons.